The second-order valence-corrected chi connectivity index (χ2v) is 5.83. The predicted molar refractivity (Wildman–Crippen MR) is 96.6 cm³/mol. The van der Waals surface area contributed by atoms with Gasteiger partial charge in [0, 0.05) is 36.1 Å². The lowest BCUT2D eigenvalue weighted by Gasteiger charge is -2.29. The first-order valence-corrected chi connectivity index (χ1v) is 7.42. The van der Waals surface area contributed by atoms with E-state index in [-0.39, 0.29) is 30.6 Å². The molecule has 0 fully saturated rings. The van der Waals surface area contributed by atoms with Crippen molar-refractivity contribution >= 4 is 5.91 Å². The molecule has 0 spiro atoms. The highest BCUT2D eigenvalue weighted by Gasteiger charge is 2.14. The van der Waals surface area contributed by atoms with Crippen LogP contribution in [0.15, 0.2) is 40.5 Å². The third kappa shape index (κ3) is 5.57. The molecule has 1 aliphatic heterocycles. The average Bonchev–Trinajstić information content (AvgIpc) is 2.42. The summed E-state index contributed by atoms with van der Waals surface area (Å²) < 4.78 is 1.50. The van der Waals surface area contributed by atoms with Crippen LogP contribution in [0.25, 0.3) is 0 Å². The maximum absolute atomic E-state index is 11.1. The van der Waals surface area contributed by atoms with Crippen molar-refractivity contribution in [2.75, 3.05) is 0 Å². The molecule has 0 radical (unpaired) electrons. The summed E-state index contributed by atoms with van der Waals surface area (Å²) in [5.41, 5.74) is -0.0965. The molecule has 134 valence electrons. The van der Waals surface area contributed by atoms with Gasteiger partial charge in [-0.25, -0.2) is 4.79 Å². The van der Waals surface area contributed by atoms with Crippen molar-refractivity contribution in [1.29, 1.82) is 0 Å². The molecule has 0 atom stereocenters. The summed E-state index contributed by atoms with van der Waals surface area (Å²) in [5.74, 6) is 0.541. The molecule has 2 rings (SSSR count). The molecule has 0 bridgehead atoms. The maximum atomic E-state index is 11.1. The van der Waals surface area contributed by atoms with E-state index in [9.17, 15) is 14.4 Å². The van der Waals surface area contributed by atoms with E-state index >= 15 is 0 Å². The molecule has 0 aliphatic carbocycles. The number of amides is 1. The Kier molecular flexibility index (Phi) is 7.95. The van der Waals surface area contributed by atoms with Gasteiger partial charge in [-0.2, -0.15) is 0 Å². The summed E-state index contributed by atoms with van der Waals surface area (Å²) in [6, 6.07) is 0.410. The van der Waals surface area contributed by atoms with Gasteiger partial charge in [-0.15, -0.1) is 0 Å². The molecule has 0 unspecified atom stereocenters. The van der Waals surface area contributed by atoms with Gasteiger partial charge in [0.1, 0.15) is 5.82 Å². The number of hydrogen-bond donors (Lipinski definition) is 2. The lowest BCUT2D eigenvalue weighted by atomic mass is 10.3. The number of aromatic nitrogens is 2. The van der Waals surface area contributed by atoms with Crippen molar-refractivity contribution in [2.24, 2.45) is 0 Å². The highest BCUT2D eigenvalue weighted by atomic mass is 16.2. The van der Waals surface area contributed by atoms with Gasteiger partial charge in [-0.05, 0) is 34.6 Å². The largest absolute Gasteiger partial charge is 0.332 e. The molecule has 0 saturated carbocycles. The Morgan fingerprint density at radius 3 is 2.12 bits per heavy atom. The molecule has 1 aromatic rings. The maximum Gasteiger partial charge on any atom is 0.328 e. The smallest absolute Gasteiger partial charge is 0.328 e. The number of rotatable bonds is 2. The van der Waals surface area contributed by atoms with Gasteiger partial charge >= 0.3 is 5.69 Å². The van der Waals surface area contributed by atoms with E-state index in [2.05, 4.69) is 16.9 Å². The molecular weight excluding hydrogens is 308 g/mol. The van der Waals surface area contributed by atoms with Gasteiger partial charge < -0.3 is 10.2 Å². The van der Waals surface area contributed by atoms with E-state index in [1.807, 2.05) is 32.6 Å². The van der Waals surface area contributed by atoms with Crippen molar-refractivity contribution in [3.05, 3.63) is 57.3 Å². The van der Waals surface area contributed by atoms with Crippen LogP contribution >= 0.6 is 0 Å². The van der Waals surface area contributed by atoms with Crippen molar-refractivity contribution in [1.82, 2.24) is 19.8 Å². The van der Waals surface area contributed by atoms with E-state index in [1.165, 1.54) is 10.6 Å². The van der Waals surface area contributed by atoms with Gasteiger partial charge in [0.15, 0.2) is 0 Å². The Labute approximate surface area is 142 Å². The first-order valence-electron chi connectivity index (χ1n) is 7.42. The summed E-state index contributed by atoms with van der Waals surface area (Å²) in [6.07, 6.45) is 4.81. The number of aromatic amines is 1. The molecule has 1 amide bonds. The predicted octanol–water partition coefficient (Wildman–Crippen LogP) is 1.87. The van der Waals surface area contributed by atoms with Crippen LogP contribution in [0, 0.1) is 6.92 Å². The Bertz CT molecular complexity index is 726. The SMILES string of the molecule is C.C=C1NC(=O)C=CN1C(C)C.Cc1cn(C(C)C)c(=O)[nH]c1=O. The first-order chi connectivity index (χ1) is 10.6. The highest BCUT2D eigenvalue weighted by molar-refractivity contribution is 5.89. The van der Waals surface area contributed by atoms with Crippen LogP contribution in [0.2, 0.25) is 0 Å². The highest BCUT2D eigenvalue weighted by Crippen LogP contribution is 2.09. The molecule has 0 aromatic carbocycles. The molecule has 7 heteroatoms. The second kappa shape index (κ2) is 8.90. The normalized spacial score (nSPS) is 13.4. The minimum atomic E-state index is -0.347. The van der Waals surface area contributed by atoms with Gasteiger partial charge in [-0.3, -0.25) is 19.1 Å². The number of nitrogens with one attached hydrogen (secondary N) is 2. The second-order valence-electron chi connectivity index (χ2n) is 5.83. The summed E-state index contributed by atoms with van der Waals surface area (Å²) in [6.45, 7) is 13.2. The van der Waals surface area contributed by atoms with Crippen LogP contribution in [0.4, 0.5) is 0 Å². The third-order valence-corrected chi connectivity index (χ3v) is 3.22. The summed E-state index contributed by atoms with van der Waals surface area (Å²) in [7, 11) is 0. The molecule has 2 N–H and O–H groups in total. The molecule has 7 nitrogen and oxygen atoms in total. The first kappa shape index (κ1) is 21.4. The third-order valence-electron chi connectivity index (χ3n) is 3.22. The Morgan fingerprint density at radius 1 is 1.08 bits per heavy atom. The minimum Gasteiger partial charge on any atom is -0.332 e. The standard InChI is InChI=1S/C8H12N2O2.C8H12N2O.CH4/c1-5(2)10-4-6(3)7(11)9-8(10)12;1-6(2)10-5-4-8(11)9-7(10)3;/h4-5H,1-3H3,(H,9,11,12);4-6H,3H2,1-2H3,(H,9,11);1H4. The lowest BCUT2D eigenvalue weighted by molar-refractivity contribution is -0.116. The summed E-state index contributed by atoms with van der Waals surface area (Å²) in [4.78, 5) is 37.0. The number of aryl methyl sites for hydroxylation is 1. The Morgan fingerprint density at radius 2 is 1.67 bits per heavy atom. The van der Waals surface area contributed by atoms with Crippen molar-refractivity contribution < 1.29 is 4.79 Å². The van der Waals surface area contributed by atoms with E-state index in [0.29, 0.717) is 17.4 Å². The topological polar surface area (TPSA) is 87.2 Å². The fourth-order valence-corrected chi connectivity index (χ4v) is 1.94. The minimum absolute atomic E-state index is 0. The number of carbonyl (C=O) groups is 1. The lowest BCUT2D eigenvalue weighted by Crippen LogP contribution is -2.38. The van der Waals surface area contributed by atoms with Gasteiger partial charge in [0.25, 0.3) is 11.5 Å². The summed E-state index contributed by atoms with van der Waals surface area (Å²) in [5, 5.41) is 2.62. The van der Waals surface area contributed by atoms with E-state index in [0.717, 1.165) is 0 Å². The van der Waals surface area contributed by atoms with Crippen LogP contribution in [0.5, 0.6) is 0 Å². The Hall–Kier alpha value is -2.57. The number of nitrogens with zero attached hydrogens (tertiary/aromatic N) is 2. The fourth-order valence-electron chi connectivity index (χ4n) is 1.94. The van der Waals surface area contributed by atoms with E-state index < -0.39 is 0 Å². The molecule has 0 saturated heterocycles. The molecule has 24 heavy (non-hydrogen) atoms. The van der Waals surface area contributed by atoms with Gasteiger partial charge in [0.2, 0.25) is 0 Å². The fraction of sp³-hybridized carbons (Fsp3) is 0.471. The van der Waals surface area contributed by atoms with Crippen molar-refractivity contribution in [3.8, 4) is 0 Å². The van der Waals surface area contributed by atoms with Crippen LogP contribution < -0.4 is 16.6 Å². The molecule has 1 aliphatic rings. The van der Waals surface area contributed by atoms with Gasteiger partial charge in [-0.1, -0.05) is 14.0 Å². The average molecular weight is 336 g/mol. The van der Waals surface area contributed by atoms with Crippen molar-refractivity contribution in [3.63, 3.8) is 0 Å². The summed E-state index contributed by atoms with van der Waals surface area (Å²) >= 11 is 0. The zero-order valence-corrected chi connectivity index (χ0v) is 14.2. The zero-order valence-electron chi connectivity index (χ0n) is 14.2. The number of hydrogen-bond acceptors (Lipinski definition) is 4. The van der Waals surface area contributed by atoms with Crippen LogP contribution in [-0.2, 0) is 4.79 Å². The van der Waals surface area contributed by atoms with E-state index in [4.69, 9.17) is 0 Å². The van der Waals surface area contributed by atoms with Crippen molar-refractivity contribution in [2.45, 2.75) is 54.1 Å². The van der Waals surface area contributed by atoms with Crippen LogP contribution in [-0.4, -0.2) is 26.4 Å². The number of H-pyrrole nitrogens is 1. The van der Waals surface area contributed by atoms with Crippen LogP contribution in [0.1, 0.15) is 46.7 Å². The molecular formula is C17H28N4O3. The monoisotopic (exact) mass is 336 g/mol. The molecule has 1 aromatic heterocycles. The Balaban J connectivity index is 0.000000425. The van der Waals surface area contributed by atoms with Crippen LogP contribution in [0.3, 0.4) is 0 Å². The zero-order chi connectivity index (χ0) is 17.7. The van der Waals surface area contributed by atoms with Gasteiger partial charge in [0.05, 0.1) is 0 Å². The van der Waals surface area contributed by atoms with E-state index in [1.54, 1.807) is 19.3 Å². The molecule has 2 heterocycles. The number of carbonyl (C=O) groups excluding carboxylic acids is 1. The quantitative estimate of drug-likeness (QED) is 0.863.